The molecule has 2 aliphatic rings. The second kappa shape index (κ2) is 6.26. The van der Waals surface area contributed by atoms with Crippen LogP contribution in [0.3, 0.4) is 0 Å². The summed E-state index contributed by atoms with van der Waals surface area (Å²) in [5.41, 5.74) is 0. The molecule has 0 bridgehead atoms. The van der Waals surface area contributed by atoms with Gasteiger partial charge in [0, 0.05) is 25.1 Å². The number of allylic oxidation sites excluding steroid dienone is 1. The molecular weight excluding hydrogens is 246 g/mol. The first-order valence-electron chi connectivity index (χ1n) is 6.31. The molecule has 0 aromatic rings. The Morgan fingerprint density at radius 3 is 2.68 bits per heavy atom. The standard InChI is InChI=1S/C13H19N3O3/c1-18-11-7-12(14-9-15-13(11)19-2)16-5-3-10(8-17)4-6-16/h7-10H,3-6H2,1-2H3,(H,14,15). The van der Waals surface area contributed by atoms with Crippen LogP contribution in [0.15, 0.2) is 28.5 Å². The van der Waals surface area contributed by atoms with Gasteiger partial charge in [-0.2, -0.15) is 0 Å². The van der Waals surface area contributed by atoms with Crippen LogP contribution in [0, 0.1) is 5.92 Å². The number of hydrogen-bond donors (Lipinski definition) is 1. The predicted molar refractivity (Wildman–Crippen MR) is 71.1 cm³/mol. The van der Waals surface area contributed by atoms with Crippen molar-refractivity contribution >= 4 is 12.6 Å². The highest BCUT2D eigenvalue weighted by Gasteiger charge is 2.21. The highest BCUT2D eigenvalue weighted by Crippen LogP contribution is 2.20. The molecule has 0 aromatic heterocycles. The van der Waals surface area contributed by atoms with Gasteiger partial charge in [-0.25, -0.2) is 4.99 Å². The highest BCUT2D eigenvalue weighted by atomic mass is 16.5. The highest BCUT2D eigenvalue weighted by molar-refractivity contribution is 5.60. The van der Waals surface area contributed by atoms with Gasteiger partial charge in [-0.1, -0.05) is 0 Å². The third-order valence-corrected chi connectivity index (χ3v) is 3.36. The predicted octanol–water partition coefficient (Wildman–Crippen LogP) is 0.832. The molecule has 0 unspecified atom stereocenters. The van der Waals surface area contributed by atoms with E-state index in [2.05, 4.69) is 15.2 Å². The van der Waals surface area contributed by atoms with Crippen LogP contribution >= 0.6 is 0 Å². The van der Waals surface area contributed by atoms with Crippen molar-refractivity contribution in [1.29, 1.82) is 0 Å². The molecule has 2 heterocycles. The Labute approximate surface area is 112 Å². The molecule has 2 aliphatic heterocycles. The topological polar surface area (TPSA) is 63.2 Å². The van der Waals surface area contributed by atoms with E-state index in [0.717, 1.165) is 38.0 Å². The number of methoxy groups -OCH3 is 2. The molecule has 1 N–H and O–H groups in total. The zero-order valence-corrected chi connectivity index (χ0v) is 11.3. The monoisotopic (exact) mass is 265 g/mol. The van der Waals surface area contributed by atoms with Crippen molar-refractivity contribution in [3.63, 3.8) is 0 Å². The summed E-state index contributed by atoms with van der Waals surface area (Å²) in [5, 5.41) is 3.12. The SMILES string of the molecule is COC1=C(OC)N=CNC(N2CCC(C=O)CC2)=C1. The van der Waals surface area contributed by atoms with Gasteiger partial charge < -0.3 is 24.5 Å². The number of hydrogen-bond acceptors (Lipinski definition) is 6. The molecule has 1 saturated heterocycles. The van der Waals surface area contributed by atoms with Crippen molar-refractivity contribution in [2.45, 2.75) is 12.8 Å². The fourth-order valence-electron chi connectivity index (χ4n) is 2.21. The Kier molecular flexibility index (Phi) is 4.43. The van der Waals surface area contributed by atoms with Crippen molar-refractivity contribution in [3.8, 4) is 0 Å². The zero-order chi connectivity index (χ0) is 13.7. The maximum atomic E-state index is 10.8. The van der Waals surface area contributed by atoms with Crippen LogP contribution in [0.25, 0.3) is 0 Å². The summed E-state index contributed by atoms with van der Waals surface area (Å²) in [6.45, 7) is 1.69. The smallest absolute Gasteiger partial charge is 0.258 e. The Bertz CT molecular complexity index is 421. The summed E-state index contributed by atoms with van der Waals surface area (Å²) in [6, 6.07) is 0. The summed E-state index contributed by atoms with van der Waals surface area (Å²) in [5.74, 6) is 2.12. The fraction of sp³-hybridized carbons (Fsp3) is 0.538. The van der Waals surface area contributed by atoms with E-state index in [1.807, 2.05) is 6.08 Å². The van der Waals surface area contributed by atoms with Gasteiger partial charge in [0.25, 0.3) is 5.88 Å². The van der Waals surface area contributed by atoms with Crippen molar-refractivity contribution in [3.05, 3.63) is 23.5 Å². The molecule has 6 heteroatoms. The van der Waals surface area contributed by atoms with Crippen LogP contribution in [0.2, 0.25) is 0 Å². The Morgan fingerprint density at radius 1 is 1.37 bits per heavy atom. The molecular formula is C13H19N3O3. The lowest BCUT2D eigenvalue weighted by Crippen LogP contribution is -2.38. The second-order valence-corrected chi connectivity index (χ2v) is 4.47. The van der Waals surface area contributed by atoms with Crippen LogP contribution in [0.5, 0.6) is 0 Å². The van der Waals surface area contributed by atoms with E-state index in [-0.39, 0.29) is 5.92 Å². The summed E-state index contributed by atoms with van der Waals surface area (Å²) >= 11 is 0. The number of aliphatic imine (C=N–C) groups is 1. The maximum Gasteiger partial charge on any atom is 0.258 e. The average Bonchev–Trinajstić information content (AvgIpc) is 2.69. The number of nitrogens with zero attached hydrogens (tertiary/aromatic N) is 2. The van der Waals surface area contributed by atoms with Crippen LogP contribution in [0.4, 0.5) is 0 Å². The van der Waals surface area contributed by atoms with Gasteiger partial charge in [0.05, 0.1) is 20.6 Å². The summed E-state index contributed by atoms with van der Waals surface area (Å²) in [7, 11) is 3.14. The van der Waals surface area contributed by atoms with Crippen LogP contribution in [-0.4, -0.2) is 44.8 Å². The van der Waals surface area contributed by atoms with E-state index in [4.69, 9.17) is 9.47 Å². The summed E-state index contributed by atoms with van der Waals surface area (Å²) < 4.78 is 10.4. The van der Waals surface area contributed by atoms with E-state index in [1.165, 1.54) is 0 Å². The molecule has 0 amide bonds. The number of rotatable bonds is 4. The van der Waals surface area contributed by atoms with Gasteiger partial charge in [0.15, 0.2) is 5.76 Å². The van der Waals surface area contributed by atoms with Gasteiger partial charge >= 0.3 is 0 Å². The Balaban J connectivity index is 2.12. The number of aldehydes is 1. The maximum absolute atomic E-state index is 10.8. The molecule has 0 atom stereocenters. The molecule has 2 rings (SSSR count). The fourth-order valence-corrected chi connectivity index (χ4v) is 2.21. The van der Waals surface area contributed by atoms with Crippen molar-refractivity contribution in [2.75, 3.05) is 27.3 Å². The van der Waals surface area contributed by atoms with Crippen LogP contribution < -0.4 is 5.32 Å². The van der Waals surface area contributed by atoms with Gasteiger partial charge in [-0.3, -0.25) is 0 Å². The molecule has 1 fully saturated rings. The zero-order valence-electron chi connectivity index (χ0n) is 11.3. The molecule has 0 aliphatic carbocycles. The normalized spacial score (nSPS) is 20.5. The third kappa shape index (κ3) is 3.07. The van der Waals surface area contributed by atoms with Crippen molar-refractivity contribution in [1.82, 2.24) is 10.2 Å². The molecule has 0 aromatic carbocycles. The lowest BCUT2D eigenvalue weighted by Gasteiger charge is -2.32. The lowest BCUT2D eigenvalue weighted by atomic mass is 9.99. The average molecular weight is 265 g/mol. The van der Waals surface area contributed by atoms with E-state index < -0.39 is 0 Å². The molecule has 6 nitrogen and oxygen atoms in total. The molecule has 104 valence electrons. The molecule has 19 heavy (non-hydrogen) atoms. The number of ether oxygens (including phenoxy) is 2. The van der Waals surface area contributed by atoms with Crippen LogP contribution in [0.1, 0.15) is 12.8 Å². The summed E-state index contributed by atoms with van der Waals surface area (Å²) in [6.07, 6.45) is 6.26. The number of carbonyl (C=O) groups excluding carboxylic acids is 1. The first kappa shape index (κ1) is 13.5. The molecule has 0 radical (unpaired) electrons. The largest absolute Gasteiger partial charge is 0.491 e. The molecule has 0 spiro atoms. The quantitative estimate of drug-likeness (QED) is 0.763. The third-order valence-electron chi connectivity index (χ3n) is 3.36. The summed E-state index contributed by atoms with van der Waals surface area (Å²) in [4.78, 5) is 17.1. The van der Waals surface area contributed by atoms with Gasteiger partial charge in [0.2, 0.25) is 0 Å². The van der Waals surface area contributed by atoms with Gasteiger partial charge in [-0.15, -0.1) is 0 Å². The minimum absolute atomic E-state index is 0.184. The Morgan fingerprint density at radius 2 is 2.11 bits per heavy atom. The van der Waals surface area contributed by atoms with Crippen LogP contribution in [-0.2, 0) is 14.3 Å². The van der Waals surface area contributed by atoms with E-state index in [0.29, 0.717) is 11.6 Å². The minimum atomic E-state index is 0.184. The first-order valence-corrected chi connectivity index (χ1v) is 6.31. The van der Waals surface area contributed by atoms with Gasteiger partial charge in [-0.05, 0) is 12.8 Å². The second-order valence-electron chi connectivity index (χ2n) is 4.47. The lowest BCUT2D eigenvalue weighted by molar-refractivity contribution is -0.112. The van der Waals surface area contributed by atoms with Crippen molar-refractivity contribution < 1.29 is 14.3 Å². The Hall–Kier alpha value is -1.98. The number of piperidine rings is 1. The number of nitrogens with one attached hydrogen (secondary N) is 1. The first-order chi connectivity index (χ1) is 9.28. The minimum Gasteiger partial charge on any atom is -0.491 e. The van der Waals surface area contributed by atoms with E-state index in [9.17, 15) is 4.79 Å². The molecule has 0 saturated carbocycles. The number of likely N-dealkylation sites (tertiary alicyclic amines) is 1. The van der Waals surface area contributed by atoms with Crippen molar-refractivity contribution in [2.24, 2.45) is 10.9 Å². The number of carbonyl (C=O) groups is 1. The van der Waals surface area contributed by atoms with Gasteiger partial charge in [0.1, 0.15) is 12.1 Å². The van der Waals surface area contributed by atoms with E-state index >= 15 is 0 Å². The van der Waals surface area contributed by atoms with E-state index in [1.54, 1.807) is 20.6 Å².